The van der Waals surface area contributed by atoms with E-state index in [2.05, 4.69) is 24.1 Å². The van der Waals surface area contributed by atoms with E-state index in [0.29, 0.717) is 36.5 Å². The Morgan fingerprint density at radius 3 is 2.41 bits per heavy atom. The molecule has 0 aliphatic heterocycles. The Morgan fingerprint density at radius 1 is 1.14 bits per heavy atom. The largest absolute Gasteiger partial charge is 0.481 e. The molecule has 29 heavy (non-hydrogen) atoms. The first kappa shape index (κ1) is 21.1. The molecule has 2 amide bonds. The van der Waals surface area contributed by atoms with Crippen molar-refractivity contribution in [3.63, 3.8) is 0 Å². The standard InChI is InChI=1S/C22H26ClN3O3/c1-14(2)18-5-3-4-6-19(18)26(17-10-7-15(8-11-17)21(27)28)22(29)25-20-12-9-16(23)13-24-20/h3-6,9,12-15,17H,7-8,10-11H2,1-2H3,(H,27,28)(H,24,25,29)/t15-,17-. The van der Waals surface area contributed by atoms with Gasteiger partial charge in [-0.25, -0.2) is 9.78 Å². The number of nitrogens with zero attached hydrogens (tertiary/aromatic N) is 2. The van der Waals surface area contributed by atoms with Gasteiger partial charge in [0.05, 0.1) is 10.9 Å². The number of carbonyl (C=O) groups is 2. The van der Waals surface area contributed by atoms with E-state index in [4.69, 9.17) is 11.6 Å². The van der Waals surface area contributed by atoms with E-state index in [1.54, 1.807) is 17.0 Å². The number of urea groups is 1. The number of aliphatic carboxylic acids is 1. The van der Waals surface area contributed by atoms with Gasteiger partial charge in [-0.15, -0.1) is 0 Å². The van der Waals surface area contributed by atoms with Crippen molar-refractivity contribution >= 4 is 35.1 Å². The Kier molecular flexibility index (Phi) is 6.75. The van der Waals surface area contributed by atoms with Crippen molar-refractivity contribution in [2.45, 2.75) is 51.5 Å². The third kappa shape index (κ3) is 5.07. The first-order valence-corrected chi connectivity index (χ1v) is 10.3. The summed E-state index contributed by atoms with van der Waals surface area (Å²) in [5, 5.41) is 12.7. The molecule has 2 N–H and O–H groups in total. The SMILES string of the molecule is CC(C)c1ccccc1N(C(=O)Nc1ccc(Cl)cn1)[C@H]1CC[C@H](C(=O)O)CC1. The van der Waals surface area contributed by atoms with Crippen molar-refractivity contribution < 1.29 is 14.7 Å². The second kappa shape index (κ2) is 9.27. The zero-order valence-corrected chi connectivity index (χ0v) is 17.4. The van der Waals surface area contributed by atoms with Gasteiger partial charge in [0.25, 0.3) is 0 Å². The summed E-state index contributed by atoms with van der Waals surface area (Å²) in [6.45, 7) is 4.19. The molecule has 0 spiro atoms. The normalized spacial score (nSPS) is 19.0. The molecular weight excluding hydrogens is 390 g/mol. The molecule has 0 radical (unpaired) electrons. The molecule has 2 aromatic rings. The van der Waals surface area contributed by atoms with Crippen LogP contribution in [0.2, 0.25) is 5.02 Å². The highest BCUT2D eigenvalue weighted by molar-refractivity contribution is 6.30. The molecule has 0 bridgehead atoms. The van der Waals surface area contributed by atoms with E-state index < -0.39 is 5.97 Å². The smallest absolute Gasteiger partial charge is 0.327 e. The van der Waals surface area contributed by atoms with Gasteiger partial charge >= 0.3 is 12.0 Å². The van der Waals surface area contributed by atoms with E-state index in [-0.39, 0.29) is 23.9 Å². The van der Waals surface area contributed by atoms with Crippen LogP contribution in [0.4, 0.5) is 16.3 Å². The number of halogens is 1. The van der Waals surface area contributed by atoms with E-state index in [9.17, 15) is 14.7 Å². The lowest BCUT2D eigenvalue weighted by molar-refractivity contribution is -0.142. The molecule has 0 unspecified atom stereocenters. The molecule has 3 rings (SSSR count). The Morgan fingerprint density at radius 2 is 1.83 bits per heavy atom. The fourth-order valence-corrected chi connectivity index (χ4v) is 3.98. The molecule has 6 nitrogen and oxygen atoms in total. The van der Waals surface area contributed by atoms with Crippen LogP contribution in [0.3, 0.4) is 0 Å². The van der Waals surface area contributed by atoms with Crippen LogP contribution in [0.15, 0.2) is 42.6 Å². The highest BCUT2D eigenvalue weighted by atomic mass is 35.5. The highest BCUT2D eigenvalue weighted by Crippen LogP contribution is 2.35. The fourth-order valence-electron chi connectivity index (χ4n) is 3.87. The molecule has 1 aromatic heterocycles. The quantitative estimate of drug-likeness (QED) is 0.671. The molecule has 1 aliphatic carbocycles. The van der Waals surface area contributed by atoms with Gasteiger partial charge in [-0.2, -0.15) is 0 Å². The van der Waals surface area contributed by atoms with Crippen molar-refractivity contribution in [2.24, 2.45) is 5.92 Å². The first-order chi connectivity index (χ1) is 13.9. The summed E-state index contributed by atoms with van der Waals surface area (Å²) in [6, 6.07) is 10.9. The second-order valence-electron chi connectivity index (χ2n) is 7.72. The van der Waals surface area contributed by atoms with E-state index >= 15 is 0 Å². The number of para-hydroxylation sites is 1. The molecule has 1 heterocycles. The van der Waals surface area contributed by atoms with Crippen molar-refractivity contribution in [1.82, 2.24) is 4.98 Å². The number of carbonyl (C=O) groups excluding carboxylic acids is 1. The zero-order valence-electron chi connectivity index (χ0n) is 16.6. The number of aromatic nitrogens is 1. The van der Waals surface area contributed by atoms with Crippen molar-refractivity contribution in [2.75, 3.05) is 10.2 Å². The lowest BCUT2D eigenvalue weighted by Crippen LogP contribution is -2.46. The Balaban J connectivity index is 1.90. The molecule has 7 heteroatoms. The minimum absolute atomic E-state index is 0.0715. The van der Waals surface area contributed by atoms with Crippen LogP contribution >= 0.6 is 11.6 Å². The number of hydrogen-bond acceptors (Lipinski definition) is 3. The summed E-state index contributed by atoms with van der Waals surface area (Å²) in [7, 11) is 0. The zero-order chi connectivity index (χ0) is 21.0. The number of hydrogen-bond donors (Lipinski definition) is 2. The van der Waals surface area contributed by atoms with E-state index in [1.807, 2.05) is 24.3 Å². The monoisotopic (exact) mass is 415 g/mol. The van der Waals surface area contributed by atoms with Gasteiger partial charge in [-0.1, -0.05) is 43.6 Å². The predicted octanol–water partition coefficient (Wildman–Crippen LogP) is 5.54. The van der Waals surface area contributed by atoms with Crippen LogP contribution in [-0.4, -0.2) is 28.1 Å². The molecule has 1 aliphatic rings. The minimum Gasteiger partial charge on any atom is -0.481 e. The molecule has 1 saturated carbocycles. The van der Waals surface area contributed by atoms with Gasteiger partial charge in [0.15, 0.2) is 0 Å². The maximum atomic E-state index is 13.3. The molecule has 0 atom stereocenters. The van der Waals surface area contributed by atoms with Crippen LogP contribution in [0.25, 0.3) is 0 Å². The number of pyridine rings is 1. The number of benzene rings is 1. The molecular formula is C22H26ClN3O3. The van der Waals surface area contributed by atoms with Crippen molar-refractivity contribution in [3.05, 3.63) is 53.2 Å². The van der Waals surface area contributed by atoms with Gasteiger partial charge in [-0.05, 0) is 55.4 Å². The van der Waals surface area contributed by atoms with Crippen molar-refractivity contribution in [1.29, 1.82) is 0 Å². The molecule has 0 saturated heterocycles. The second-order valence-corrected chi connectivity index (χ2v) is 8.16. The van der Waals surface area contributed by atoms with Crippen LogP contribution in [0.5, 0.6) is 0 Å². The predicted molar refractivity (Wildman–Crippen MR) is 115 cm³/mol. The van der Waals surface area contributed by atoms with Gasteiger partial charge in [0.1, 0.15) is 5.82 Å². The fraction of sp³-hybridized carbons (Fsp3) is 0.409. The van der Waals surface area contributed by atoms with Crippen LogP contribution in [0, 0.1) is 5.92 Å². The topological polar surface area (TPSA) is 82.5 Å². The maximum absolute atomic E-state index is 13.3. The first-order valence-electron chi connectivity index (χ1n) is 9.90. The Bertz CT molecular complexity index is 862. The van der Waals surface area contributed by atoms with Crippen LogP contribution < -0.4 is 10.2 Å². The van der Waals surface area contributed by atoms with Gasteiger partial charge < -0.3 is 5.11 Å². The van der Waals surface area contributed by atoms with Crippen molar-refractivity contribution in [3.8, 4) is 0 Å². The Labute approximate surface area is 175 Å². The number of amides is 2. The summed E-state index contributed by atoms with van der Waals surface area (Å²) in [6.07, 6.45) is 3.90. The summed E-state index contributed by atoms with van der Waals surface area (Å²) in [5.74, 6) is -0.432. The molecule has 1 aromatic carbocycles. The van der Waals surface area contributed by atoms with E-state index in [1.165, 1.54) is 6.20 Å². The molecule has 1 fully saturated rings. The van der Waals surface area contributed by atoms with Gasteiger partial charge in [0.2, 0.25) is 0 Å². The number of carboxylic acid groups (broad SMARTS) is 1. The molecule has 154 valence electrons. The average Bonchev–Trinajstić information content (AvgIpc) is 2.70. The summed E-state index contributed by atoms with van der Waals surface area (Å²) < 4.78 is 0. The van der Waals surface area contributed by atoms with Gasteiger partial charge in [-0.3, -0.25) is 15.0 Å². The Hall–Kier alpha value is -2.60. The number of nitrogens with one attached hydrogen (secondary N) is 1. The summed E-state index contributed by atoms with van der Waals surface area (Å²) in [5.41, 5.74) is 1.93. The van der Waals surface area contributed by atoms with E-state index in [0.717, 1.165) is 11.3 Å². The van der Waals surface area contributed by atoms with Crippen LogP contribution in [0.1, 0.15) is 51.0 Å². The lowest BCUT2D eigenvalue weighted by atomic mass is 9.85. The maximum Gasteiger partial charge on any atom is 0.327 e. The summed E-state index contributed by atoms with van der Waals surface area (Å²) >= 11 is 5.89. The highest BCUT2D eigenvalue weighted by Gasteiger charge is 2.33. The number of carboxylic acids is 1. The lowest BCUT2D eigenvalue weighted by Gasteiger charge is -2.37. The third-order valence-corrected chi connectivity index (χ3v) is 5.63. The number of anilines is 2. The van der Waals surface area contributed by atoms with Crippen LogP contribution in [-0.2, 0) is 4.79 Å². The average molecular weight is 416 g/mol. The minimum atomic E-state index is -0.757. The van der Waals surface area contributed by atoms with Gasteiger partial charge in [0, 0.05) is 17.9 Å². The number of rotatable bonds is 5. The third-order valence-electron chi connectivity index (χ3n) is 5.41. The summed E-state index contributed by atoms with van der Waals surface area (Å²) in [4.78, 5) is 30.6.